The Labute approximate surface area is 149 Å². The van der Waals surface area contributed by atoms with Crippen molar-refractivity contribution in [2.24, 2.45) is 5.10 Å². The largest absolute Gasteiger partial charge is 0.479 e. The van der Waals surface area contributed by atoms with Crippen LogP contribution in [0.15, 0.2) is 47.6 Å². The lowest BCUT2D eigenvalue weighted by Gasteiger charge is -2.14. The number of rotatable bonds is 5. The summed E-state index contributed by atoms with van der Waals surface area (Å²) < 4.78 is 5.48. The van der Waals surface area contributed by atoms with Gasteiger partial charge in [0, 0.05) is 5.02 Å². The van der Waals surface area contributed by atoms with Crippen LogP contribution in [0.5, 0.6) is 5.75 Å². The third-order valence-corrected chi connectivity index (χ3v) is 3.53. The molecule has 7 heteroatoms. The molecule has 122 valence electrons. The Kier molecular flexibility index (Phi) is 6.19. The number of hydrogen-bond donors (Lipinski definition) is 1. The van der Waals surface area contributed by atoms with Crippen molar-refractivity contribution < 1.29 is 9.53 Å². The summed E-state index contributed by atoms with van der Waals surface area (Å²) in [5, 5.41) is 13.4. The van der Waals surface area contributed by atoms with Crippen LogP contribution < -0.4 is 10.2 Å². The molecule has 0 bridgehead atoms. The number of carbonyl (C=O) groups is 1. The molecule has 0 saturated carbocycles. The molecule has 2 aromatic carbocycles. The zero-order valence-corrected chi connectivity index (χ0v) is 14.2. The lowest BCUT2D eigenvalue weighted by molar-refractivity contribution is -0.127. The summed E-state index contributed by atoms with van der Waals surface area (Å²) in [4.78, 5) is 12.0. The normalized spacial score (nSPS) is 11.8. The molecule has 0 fully saturated rings. The van der Waals surface area contributed by atoms with Gasteiger partial charge in [-0.2, -0.15) is 10.4 Å². The highest BCUT2D eigenvalue weighted by Crippen LogP contribution is 2.28. The Balaban J connectivity index is 1.91. The monoisotopic (exact) mass is 361 g/mol. The van der Waals surface area contributed by atoms with E-state index in [0.29, 0.717) is 21.4 Å². The predicted molar refractivity (Wildman–Crippen MR) is 93.4 cm³/mol. The van der Waals surface area contributed by atoms with E-state index in [-0.39, 0.29) is 0 Å². The Morgan fingerprint density at radius 3 is 2.62 bits per heavy atom. The summed E-state index contributed by atoms with van der Waals surface area (Å²) in [5.74, 6) is -0.0642. The SMILES string of the molecule is CC(Oc1ccc(Cl)cc1Cl)C(=O)N/N=C/c1ccc(C#N)cc1. The first-order chi connectivity index (χ1) is 11.5. The van der Waals surface area contributed by atoms with Gasteiger partial charge in [-0.15, -0.1) is 0 Å². The molecule has 1 atom stereocenters. The Morgan fingerprint density at radius 2 is 2.00 bits per heavy atom. The van der Waals surface area contributed by atoms with Crippen molar-refractivity contribution in [2.75, 3.05) is 0 Å². The average molecular weight is 362 g/mol. The van der Waals surface area contributed by atoms with E-state index in [9.17, 15) is 4.79 Å². The quantitative estimate of drug-likeness (QED) is 0.650. The van der Waals surface area contributed by atoms with E-state index in [1.54, 1.807) is 43.3 Å². The van der Waals surface area contributed by atoms with Gasteiger partial charge in [0.25, 0.3) is 5.91 Å². The predicted octanol–water partition coefficient (Wildman–Crippen LogP) is 3.78. The van der Waals surface area contributed by atoms with Crippen LogP contribution in [-0.2, 0) is 4.79 Å². The summed E-state index contributed by atoms with van der Waals surface area (Å²) in [7, 11) is 0. The summed E-state index contributed by atoms with van der Waals surface area (Å²) in [6.45, 7) is 1.58. The summed E-state index contributed by atoms with van der Waals surface area (Å²) in [6.07, 6.45) is 0.683. The molecule has 1 N–H and O–H groups in total. The summed E-state index contributed by atoms with van der Waals surface area (Å²) in [6, 6.07) is 13.5. The highest BCUT2D eigenvalue weighted by atomic mass is 35.5. The molecular formula is C17H13Cl2N3O2. The van der Waals surface area contributed by atoms with Crippen molar-refractivity contribution in [2.45, 2.75) is 13.0 Å². The molecule has 5 nitrogen and oxygen atoms in total. The van der Waals surface area contributed by atoms with Gasteiger partial charge in [0.05, 0.1) is 22.9 Å². The third-order valence-electron chi connectivity index (χ3n) is 3.00. The van der Waals surface area contributed by atoms with E-state index in [4.69, 9.17) is 33.2 Å². The molecule has 0 aliphatic carbocycles. The molecular weight excluding hydrogens is 349 g/mol. The van der Waals surface area contributed by atoms with Crippen molar-refractivity contribution in [3.05, 3.63) is 63.6 Å². The van der Waals surface area contributed by atoms with Gasteiger partial charge < -0.3 is 4.74 Å². The molecule has 0 radical (unpaired) electrons. The van der Waals surface area contributed by atoms with Crippen LogP contribution in [0.25, 0.3) is 0 Å². The molecule has 1 amide bonds. The van der Waals surface area contributed by atoms with Crippen molar-refractivity contribution in [1.29, 1.82) is 5.26 Å². The number of benzene rings is 2. The van der Waals surface area contributed by atoms with Crippen LogP contribution in [0.3, 0.4) is 0 Å². The molecule has 0 aliphatic rings. The van der Waals surface area contributed by atoms with Crippen molar-refractivity contribution in [3.63, 3.8) is 0 Å². The van der Waals surface area contributed by atoms with Gasteiger partial charge in [0.2, 0.25) is 0 Å². The number of ether oxygens (including phenoxy) is 1. The van der Waals surface area contributed by atoms with Gasteiger partial charge in [0.15, 0.2) is 6.10 Å². The van der Waals surface area contributed by atoms with Gasteiger partial charge in [-0.05, 0) is 42.8 Å². The van der Waals surface area contributed by atoms with Crippen LogP contribution in [-0.4, -0.2) is 18.2 Å². The van der Waals surface area contributed by atoms with Crippen LogP contribution in [0, 0.1) is 11.3 Å². The van der Waals surface area contributed by atoms with Crippen molar-refractivity contribution in [3.8, 4) is 11.8 Å². The van der Waals surface area contributed by atoms with Gasteiger partial charge in [-0.25, -0.2) is 5.43 Å². The maximum Gasteiger partial charge on any atom is 0.280 e. The number of nitrogens with zero attached hydrogens (tertiary/aromatic N) is 2. The molecule has 24 heavy (non-hydrogen) atoms. The third kappa shape index (κ3) is 4.98. The van der Waals surface area contributed by atoms with E-state index < -0.39 is 12.0 Å². The van der Waals surface area contributed by atoms with Gasteiger partial charge in [-0.3, -0.25) is 4.79 Å². The molecule has 1 unspecified atom stereocenters. The van der Waals surface area contributed by atoms with E-state index in [0.717, 1.165) is 5.56 Å². The Hall–Kier alpha value is -2.55. The molecule has 0 heterocycles. The van der Waals surface area contributed by atoms with Gasteiger partial charge in [0.1, 0.15) is 5.75 Å². The van der Waals surface area contributed by atoms with Crippen LogP contribution in [0.2, 0.25) is 10.0 Å². The zero-order valence-electron chi connectivity index (χ0n) is 12.7. The van der Waals surface area contributed by atoms with Crippen LogP contribution in [0.1, 0.15) is 18.1 Å². The van der Waals surface area contributed by atoms with Gasteiger partial charge >= 0.3 is 0 Å². The maximum atomic E-state index is 12.0. The number of halogens is 2. The van der Waals surface area contributed by atoms with E-state index in [1.165, 1.54) is 12.3 Å². The number of hydrazone groups is 1. The highest BCUT2D eigenvalue weighted by molar-refractivity contribution is 6.35. The Morgan fingerprint density at radius 1 is 1.29 bits per heavy atom. The molecule has 0 aliphatic heterocycles. The molecule has 0 saturated heterocycles. The fourth-order valence-corrected chi connectivity index (χ4v) is 2.17. The first kappa shape index (κ1) is 17.8. The second-order valence-corrected chi connectivity index (χ2v) is 5.65. The smallest absolute Gasteiger partial charge is 0.280 e. The second kappa shape index (κ2) is 8.34. The van der Waals surface area contributed by atoms with E-state index in [2.05, 4.69) is 10.5 Å². The van der Waals surface area contributed by atoms with Crippen LogP contribution in [0.4, 0.5) is 0 Å². The van der Waals surface area contributed by atoms with E-state index in [1.807, 2.05) is 6.07 Å². The topological polar surface area (TPSA) is 74.5 Å². The molecule has 0 aromatic heterocycles. The molecule has 0 spiro atoms. The Bertz CT molecular complexity index is 798. The lowest BCUT2D eigenvalue weighted by Crippen LogP contribution is -2.33. The number of amides is 1. The molecule has 2 rings (SSSR count). The number of carbonyl (C=O) groups excluding carboxylic acids is 1. The number of nitriles is 1. The van der Waals surface area contributed by atoms with Gasteiger partial charge in [-0.1, -0.05) is 35.3 Å². The van der Waals surface area contributed by atoms with Crippen LogP contribution >= 0.6 is 23.2 Å². The fraction of sp³-hybridized carbons (Fsp3) is 0.118. The number of hydrogen-bond acceptors (Lipinski definition) is 4. The first-order valence-corrected chi connectivity index (χ1v) is 7.70. The minimum atomic E-state index is -0.790. The lowest BCUT2D eigenvalue weighted by atomic mass is 10.2. The average Bonchev–Trinajstić information content (AvgIpc) is 2.57. The molecule has 2 aromatic rings. The maximum absolute atomic E-state index is 12.0. The second-order valence-electron chi connectivity index (χ2n) is 4.80. The summed E-state index contributed by atoms with van der Waals surface area (Å²) >= 11 is 11.8. The zero-order chi connectivity index (χ0) is 17.5. The minimum Gasteiger partial charge on any atom is -0.479 e. The van der Waals surface area contributed by atoms with E-state index >= 15 is 0 Å². The van der Waals surface area contributed by atoms with Crippen molar-refractivity contribution >= 4 is 35.3 Å². The number of nitrogens with one attached hydrogen (secondary N) is 1. The highest BCUT2D eigenvalue weighted by Gasteiger charge is 2.15. The standard InChI is InChI=1S/C17H13Cl2N3O2/c1-11(24-16-7-6-14(18)8-15(16)19)17(23)22-21-10-13-4-2-12(9-20)3-5-13/h2-8,10-11H,1H3,(H,22,23)/b21-10+. The fourth-order valence-electron chi connectivity index (χ4n) is 1.72. The summed E-state index contributed by atoms with van der Waals surface area (Å²) in [5.41, 5.74) is 3.69. The minimum absolute atomic E-state index is 0.322. The first-order valence-electron chi connectivity index (χ1n) is 6.94. The van der Waals surface area contributed by atoms with Crippen molar-refractivity contribution in [1.82, 2.24) is 5.43 Å².